The molecule has 0 atom stereocenters. The van der Waals surface area contributed by atoms with Crippen molar-refractivity contribution in [3.8, 4) is 11.5 Å². The Morgan fingerprint density at radius 1 is 0.852 bits per heavy atom. The number of rotatable bonds is 4. The summed E-state index contributed by atoms with van der Waals surface area (Å²) >= 11 is 0. The largest absolute Gasteiger partial charge is 0.497 e. The first-order valence-electron chi connectivity index (χ1n) is 7.28. The average Bonchev–Trinajstić information content (AvgIpc) is 2.59. The molecule has 0 unspecified atom stereocenters. The van der Waals surface area contributed by atoms with E-state index in [2.05, 4.69) is 5.32 Å². The topological polar surface area (TPSA) is 47.6 Å². The van der Waals surface area contributed by atoms with Crippen molar-refractivity contribution in [3.05, 3.63) is 53.1 Å². The molecule has 10 heteroatoms. The van der Waals surface area contributed by atoms with Gasteiger partial charge >= 0.3 is 12.4 Å². The molecule has 2 rings (SSSR count). The number of hydrogen-bond donors (Lipinski definition) is 1. The minimum Gasteiger partial charge on any atom is -0.497 e. The molecule has 0 saturated carbocycles. The van der Waals surface area contributed by atoms with Crippen LogP contribution in [0.4, 0.5) is 32.0 Å². The van der Waals surface area contributed by atoms with Crippen LogP contribution >= 0.6 is 0 Å². The lowest BCUT2D eigenvalue weighted by molar-refractivity contribution is -0.143. The summed E-state index contributed by atoms with van der Waals surface area (Å²) in [5.41, 5.74) is -3.95. The lowest BCUT2D eigenvalue weighted by Crippen LogP contribution is -2.17. The van der Waals surface area contributed by atoms with Crippen LogP contribution in [0.3, 0.4) is 0 Å². The average molecular weight is 393 g/mol. The number of halogens is 6. The van der Waals surface area contributed by atoms with Crippen LogP contribution in [0.1, 0.15) is 21.5 Å². The molecule has 0 aliphatic heterocycles. The van der Waals surface area contributed by atoms with Crippen LogP contribution < -0.4 is 14.8 Å². The Kier molecular flexibility index (Phi) is 5.57. The first kappa shape index (κ1) is 20.4. The van der Waals surface area contributed by atoms with Crippen LogP contribution in [0.2, 0.25) is 0 Å². The molecule has 0 aliphatic rings. The second kappa shape index (κ2) is 7.37. The molecule has 0 saturated heterocycles. The summed E-state index contributed by atoms with van der Waals surface area (Å²) < 4.78 is 87.4. The molecule has 1 amide bonds. The highest BCUT2D eigenvalue weighted by molar-refractivity contribution is 6.05. The van der Waals surface area contributed by atoms with E-state index in [0.29, 0.717) is 17.9 Å². The van der Waals surface area contributed by atoms with E-state index in [0.717, 1.165) is 0 Å². The van der Waals surface area contributed by atoms with E-state index < -0.39 is 35.0 Å². The van der Waals surface area contributed by atoms with E-state index in [-0.39, 0.29) is 17.5 Å². The number of amides is 1. The molecule has 0 fully saturated rings. The standard InChI is InChI=1S/C17H13F6NO3/c1-26-12-3-4-14(27-2)13(8-12)24-15(25)9-5-10(16(18,19)20)7-11(6-9)17(21,22)23/h3-8H,1-2H3,(H,24,25). The molecule has 0 radical (unpaired) electrons. The predicted octanol–water partition coefficient (Wildman–Crippen LogP) is 4.99. The number of carbonyl (C=O) groups excluding carboxylic acids is 1. The van der Waals surface area contributed by atoms with Gasteiger partial charge in [-0.1, -0.05) is 0 Å². The van der Waals surface area contributed by atoms with Crippen molar-refractivity contribution >= 4 is 11.6 Å². The minimum atomic E-state index is -5.05. The Morgan fingerprint density at radius 3 is 1.85 bits per heavy atom. The van der Waals surface area contributed by atoms with Crippen molar-refractivity contribution in [3.63, 3.8) is 0 Å². The predicted molar refractivity (Wildman–Crippen MR) is 83.9 cm³/mol. The molecule has 2 aromatic rings. The minimum absolute atomic E-state index is 0.0211. The quantitative estimate of drug-likeness (QED) is 0.745. The first-order chi connectivity index (χ1) is 12.5. The highest BCUT2D eigenvalue weighted by Crippen LogP contribution is 2.37. The van der Waals surface area contributed by atoms with Crippen LogP contribution in [0, 0.1) is 0 Å². The van der Waals surface area contributed by atoms with Crippen molar-refractivity contribution < 1.29 is 40.6 Å². The fraction of sp³-hybridized carbons (Fsp3) is 0.235. The third-order valence-corrected chi connectivity index (χ3v) is 3.50. The van der Waals surface area contributed by atoms with Crippen LogP contribution in [-0.2, 0) is 12.4 Å². The lowest BCUT2D eigenvalue weighted by Gasteiger charge is -2.15. The second-order valence-corrected chi connectivity index (χ2v) is 5.31. The van der Waals surface area contributed by atoms with Crippen molar-refractivity contribution in [1.82, 2.24) is 0 Å². The normalized spacial score (nSPS) is 11.9. The molecule has 4 nitrogen and oxygen atoms in total. The zero-order valence-electron chi connectivity index (χ0n) is 14.0. The van der Waals surface area contributed by atoms with E-state index in [1.165, 1.54) is 32.4 Å². The SMILES string of the molecule is COc1ccc(OC)c(NC(=O)c2cc(C(F)(F)F)cc(C(F)(F)F)c2)c1. The van der Waals surface area contributed by atoms with E-state index in [4.69, 9.17) is 9.47 Å². The molecule has 27 heavy (non-hydrogen) atoms. The fourth-order valence-electron chi connectivity index (χ4n) is 2.19. The van der Waals surface area contributed by atoms with Gasteiger partial charge in [0.1, 0.15) is 11.5 Å². The number of hydrogen-bond acceptors (Lipinski definition) is 3. The highest BCUT2D eigenvalue weighted by Gasteiger charge is 2.37. The lowest BCUT2D eigenvalue weighted by atomic mass is 10.0. The number of nitrogens with one attached hydrogen (secondary N) is 1. The summed E-state index contributed by atoms with van der Waals surface area (Å²) in [7, 11) is 2.62. The van der Waals surface area contributed by atoms with E-state index in [1.54, 1.807) is 0 Å². The van der Waals surface area contributed by atoms with E-state index in [1.807, 2.05) is 0 Å². The van der Waals surface area contributed by atoms with Gasteiger partial charge in [0.2, 0.25) is 0 Å². The third-order valence-electron chi connectivity index (χ3n) is 3.50. The van der Waals surface area contributed by atoms with E-state index in [9.17, 15) is 31.1 Å². The zero-order valence-corrected chi connectivity index (χ0v) is 14.0. The van der Waals surface area contributed by atoms with Gasteiger partial charge in [0.15, 0.2) is 0 Å². The molecule has 0 aromatic heterocycles. The summed E-state index contributed by atoms with van der Waals surface area (Å²) in [4.78, 5) is 12.3. The maximum Gasteiger partial charge on any atom is 0.416 e. The molecular weight excluding hydrogens is 380 g/mol. The third kappa shape index (κ3) is 4.83. The van der Waals surface area contributed by atoms with Gasteiger partial charge in [-0.15, -0.1) is 0 Å². The zero-order chi connectivity index (χ0) is 20.4. The fourth-order valence-corrected chi connectivity index (χ4v) is 2.19. The number of anilines is 1. The Hall–Kier alpha value is -2.91. The van der Waals surface area contributed by atoms with Crippen LogP contribution in [0.25, 0.3) is 0 Å². The summed E-state index contributed by atoms with van der Waals surface area (Å²) in [5.74, 6) is -0.726. The molecule has 0 aliphatic carbocycles. The summed E-state index contributed by atoms with van der Waals surface area (Å²) in [6, 6.07) is 4.87. The smallest absolute Gasteiger partial charge is 0.416 e. The summed E-state index contributed by atoms with van der Waals surface area (Å²) in [6.45, 7) is 0. The number of carbonyl (C=O) groups is 1. The van der Waals surface area contributed by atoms with Crippen molar-refractivity contribution in [2.45, 2.75) is 12.4 Å². The van der Waals surface area contributed by atoms with Crippen molar-refractivity contribution in [2.24, 2.45) is 0 Å². The number of alkyl halides is 6. The maximum atomic E-state index is 12.9. The van der Waals surface area contributed by atoms with Gasteiger partial charge in [-0.25, -0.2) is 0 Å². The molecular formula is C17H13F6NO3. The first-order valence-corrected chi connectivity index (χ1v) is 7.28. The van der Waals surface area contributed by atoms with Gasteiger partial charge in [0.25, 0.3) is 5.91 Å². The number of methoxy groups -OCH3 is 2. The van der Waals surface area contributed by atoms with E-state index >= 15 is 0 Å². The van der Waals surface area contributed by atoms with Crippen LogP contribution in [-0.4, -0.2) is 20.1 Å². The van der Waals surface area contributed by atoms with Gasteiger partial charge in [0.05, 0.1) is 31.0 Å². The second-order valence-electron chi connectivity index (χ2n) is 5.31. The molecule has 2 aromatic carbocycles. The van der Waals surface area contributed by atoms with Crippen molar-refractivity contribution in [2.75, 3.05) is 19.5 Å². The molecule has 0 bridgehead atoms. The van der Waals surface area contributed by atoms with Gasteiger partial charge in [-0.05, 0) is 30.3 Å². The molecule has 146 valence electrons. The molecule has 0 spiro atoms. The number of ether oxygens (including phenoxy) is 2. The van der Waals surface area contributed by atoms with Gasteiger partial charge < -0.3 is 14.8 Å². The van der Waals surface area contributed by atoms with Crippen LogP contribution in [0.5, 0.6) is 11.5 Å². The van der Waals surface area contributed by atoms with Crippen molar-refractivity contribution in [1.29, 1.82) is 0 Å². The van der Waals surface area contributed by atoms with Gasteiger partial charge in [0, 0.05) is 11.6 Å². The highest BCUT2D eigenvalue weighted by atomic mass is 19.4. The molecule has 1 N–H and O–H groups in total. The maximum absolute atomic E-state index is 12.9. The Balaban J connectivity index is 2.47. The Bertz CT molecular complexity index is 813. The number of benzene rings is 2. The van der Waals surface area contributed by atoms with Crippen LogP contribution in [0.15, 0.2) is 36.4 Å². The van der Waals surface area contributed by atoms with Gasteiger partial charge in [-0.2, -0.15) is 26.3 Å². The Labute approximate surface area is 149 Å². The monoisotopic (exact) mass is 393 g/mol. The summed E-state index contributed by atoms with van der Waals surface area (Å²) in [5, 5.41) is 2.23. The van der Waals surface area contributed by atoms with Gasteiger partial charge in [-0.3, -0.25) is 4.79 Å². The summed E-state index contributed by atoms with van der Waals surface area (Å²) in [6.07, 6.45) is -10.1. The Morgan fingerprint density at radius 2 is 1.41 bits per heavy atom. The molecule has 0 heterocycles.